The second-order valence-electron chi connectivity index (χ2n) is 7.45. The molecule has 1 fully saturated rings. The summed E-state index contributed by atoms with van der Waals surface area (Å²) in [6.45, 7) is 5.00. The molecule has 1 N–H and O–H groups in total. The zero-order valence-electron chi connectivity index (χ0n) is 18.0. The average Bonchev–Trinajstić information content (AvgIpc) is 2.79. The lowest BCUT2D eigenvalue weighted by molar-refractivity contribution is -0.128. The Balaban J connectivity index is 1.51. The lowest BCUT2D eigenvalue weighted by atomic mass is 10.0. The largest absolute Gasteiger partial charge is 0.370 e. The number of guanidine groups is 1. The molecule has 7 nitrogen and oxygen atoms in total. The number of amides is 1. The van der Waals surface area contributed by atoms with Crippen molar-refractivity contribution in [1.82, 2.24) is 20.1 Å². The summed E-state index contributed by atoms with van der Waals surface area (Å²) in [7, 11) is 3.56. The number of ether oxygens (including phenoxy) is 1. The number of nitrogens with one attached hydrogen (secondary N) is 1. The first-order chi connectivity index (χ1) is 14.6. The van der Waals surface area contributed by atoms with E-state index in [1.54, 1.807) is 18.1 Å². The van der Waals surface area contributed by atoms with Crippen LogP contribution in [0.5, 0.6) is 0 Å². The topological polar surface area (TPSA) is 70.1 Å². The molecule has 0 saturated carbocycles. The third-order valence-corrected chi connectivity index (χ3v) is 5.37. The van der Waals surface area contributed by atoms with Gasteiger partial charge in [0.25, 0.3) is 0 Å². The molecular weight excluding hydrogens is 378 g/mol. The Bertz CT molecular complexity index is 856. The Morgan fingerprint density at radius 1 is 1.30 bits per heavy atom. The van der Waals surface area contributed by atoms with Crippen LogP contribution in [0.1, 0.15) is 22.9 Å². The van der Waals surface area contributed by atoms with Crippen LogP contribution in [0.3, 0.4) is 0 Å². The number of carbonyl (C=O) groups excluding carboxylic acids is 1. The summed E-state index contributed by atoms with van der Waals surface area (Å²) in [6, 6.07) is 14.1. The zero-order chi connectivity index (χ0) is 21.3. The molecule has 1 atom stereocenters. The molecule has 2 aromatic rings. The van der Waals surface area contributed by atoms with Gasteiger partial charge in [0.15, 0.2) is 5.96 Å². The van der Waals surface area contributed by atoms with Crippen molar-refractivity contribution in [3.8, 4) is 0 Å². The van der Waals surface area contributed by atoms with Crippen LogP contribution in [0.4, 0.5) is 0 Å². The number of nitrogens with zero attached hydrogens (tertiary/aromatic N) is 4. The Hall–Kier alpha value is -2.93. The molecule has 30 heavy (non-hydrogen) atoms. The fraction of sp³-hybridized carbons (Fsp3) is 0.435. The van der Waals surface area contributed by atoms with Crippen molar-refractivity contribution in [2.24, 2.45) is 4.99 Å². The van der Waals surface area contributed by atoms with Crippen molar-refractivity contribution >= 4 is 11.9 Å². The van der Waals surface area contributed by atoms with Crippen LogP contribution in [0.25, 0.3) is 0 Å². The molecule has 1 aliphatic heterocycles. The molecule has 0 radical (unpaired) electrons. The fourth-order valence-electron chi connectivity index (χ4n) is 3.55. The molecule has 1 aliphatic rings. The first kappa shape index (κ1) is 21.8. The monoisotopic (exact) mass is 409 g/mol. The van der Waals surface area contributed by atoms with Crippen molar-refractivity contribution in [1.29, 1.82) is 0 Å². The summed E-state index contributed by atoms with van der Waals surface area (Å²) in [5.74, 6) is 0.749. The van der Waals surface area contributed by atoms with E-state index < -0.39 is 0 Å². The quantitative estimate of drug-likeness (QED) is 0.584. The maximum atomic E-state index is 12.5. The van der Waals surface area contributed by atoms with Crippen LogP contribution in [0, 0.1) is 6.92 Å². The van der Waals surface area contributed by atoms with Gasteiger partial charge in [0, 0.05) is 45.5 Å². The molecule has 1 aromatic carbocycles. The van der Waals surface area contributed by atoms with Gasteiger partial charge >= 0.3 is 0 Å². The summed E-state index contributed by atoms with van der Waals surface area (Å²) in [6.07, 6.45) is 2.50. The van der Waals surface area contributed by atoms with Gasteiger partial charge in [-0.05, 0) is 30.2 Å². The van der Waals surface area contributed by atoms with Crippen molar-refractivity contribution in [2.75, 3.05) is 46.9 Å². The highest BCUT2D eigenvalue weighted by Crippen LogP contribution is 2.24. The molecule has 7 heteroatoms. The molecule has 1 unspecified atom stereocenters. The van der Waals surface area contributed by atoms with Gasteiger partial charge in [-0.1, -0.05) is 30.3 Å². The molecule has 0 bridgehead atoms. The third kappa shape index (κ3) is 5.79. The predicted octanol–water partition coefficient (Wildman–Crippen LogP) is 2.04. The van der Waals surface area contributed by atoms with Crippen molar-refractivity contribution in [3.05, 3.63) is 65.5 Å². The maximum absolute atomic E-state index is 12.5. The van der Waals surface area contributed by atoms with E-state index in [4.69, 9.17) is 4.74 Å². The van der Waals surface area contributed by atoms with Gasteiger partial charge in [0.1, 0.15) is 6.10 Å². The van der Waals surface area contributed by atoms with Crippen LogP contribution < -0.4 is 5.32 Å². The van der Waals surface area contributed by atoms with E-state index in [-0.39, 0.29) is 18.6 Å². The van der Waals surface area contributed by atoms with E-state index in [9.17, 15) is 4.79 Å². The minimum atomic E-state index is -0.00440. The summed E-state index contributed by atoms with van der Waals surface area (Å²) in [4.78, 5) is 25.1. The number of morpholine rings is 1. The normalized spacial score (nSPS) is 17.0. The van der Waals surface area contributed by atoms with Crippen LogP contribution in [-0.2, 0) is 16.0 Å². The third-order valence-electron chi connectivity index (χ3n) is 5.37. The Labute approximate surface area is 178 Å². The second kappa shape index (κ2) is 10.7. The lowest BCUT2D eigenvalue weighted by Gasteiger charge is -2.35. The number of carbonyl (C=O) groups is 1. The number of aliphatic imine (C=N–C) groups is 1. The number of hydrogen-bond acceptors (Lipinski definition) is 4. The van der Waals surface area contributed by atoms with Gasteiger partial charge in [-0.3, -0.25) is 14.8 Å². The van der Waals surface area contributed by atoms with E-state index >= 15 is 0 Å². The van der Waals surface area contributed by atoms with E-state index in [1.807, 2.05) is 37.4 Å². The average molecular weight is 410 g/mol. The highest BCUT2D eigenvalue weighted by molar-refractivity contribution is 5.86. The molecular formula is C23H31N5O2. The van der Waals surface area contributed by atoms with Gasteiger partial charge < -0.3 is 19.9 Å². The van der Waals surface area contributed by atoms with E-state index in [1.165, 1.54) is 11.1 Å². The zero-order valence-corrected chi connectivity index (χ0v) is 18.0. The molecule has 0 spiro atoms. The van der Waals surface area contributed by atoms with Gasteiger partial charge in [-0.25, -0.2) is 0 Å². The second-order valence-corrected chi connectivity index (χ2v) is 7.45. The first-order valence-electron chi connectivity index (χ1n) is 10.3. The van der Waals surface area contributed by atoms with Crippen molar-refractivity contribution in [3.63, 3.8) is 0 Å². The SMILES string of the molecule is CN=C(NCC(=O)N(C)CCc1ccccn1)N1CCOC(c2ccccc2C)C1. The molecule has 2 heterocycles. The lowest BCUT2D eigenvalue weighted by Crippen LogP contribution is -2.50. The minimum Gasteiger partial charge on any atom is -0.370 e. The fourth-order valence-corrected chi connectivity index (χ4v) is 3.55. The predicted molar refractivity (Wildman–Crippen MR) is 118 cm³/mol. The smallest absolute Gasteiger partial charge is 0.241 e. The molecule has 3 rings (SSSR count). The van der Waals surface area contributed by atoms with Gasteiger partial charge in [-0.2, -0.15) is 0 Å². The minimum absolute atomic E-state index is 0.00440. The van der Waals surface area contributed by atoms with Crippen LogP contribution >= 0.6 is 0 Å². The van der Waals surface area contributed by atoms with Gasteiger partial charge in [0.2, 0.25) is 5.91 Å². The number of aromatic nitrogens is 1. The molecule has 160 valence electrons. The van der Waals surface area contributed by atoms with Crippen molar-refractivity contribution < 1.29 is 9.53 Å². The van der Waals surface area contributed by atoms with Crippen molar-refractivity contribution in [2.45, 2.75) is 19.4 Å². The van der Waals surface area contributed by atoms with Crippen LogP contribution in [-0.4, -0.2) is 73.5 Å². The molecule has 1 aromatic heterocycles. The number of pyridine rings is 1. The van der Waals surface area contributed by atoms with Gasteiger partial charge in [0.05, 0.1) is 19.7 Å². The number of benzene rings is 1. The maximum Gasteiger partial charge on any atom is 0.241 e. The summed E-state index contributed by atoms with van der Waals surface area (Å²) < 4.78 is 6.00. The molecule has 1 saturated heterocycles. The summed E-state index contributed by atoms with van der Waals surface area (Å²) >= 11 is 0. The van der Waals surface area contributed by atoms with E-state index in [0.29, 0.717) is 19.7 Å². The number of aryl methyl sites for hydroxylation is 1. The number of rotatable bonds is 6. The highest BCUT2D eigenvalue weighted by Gasteiger charge is 2.25. The number of likely N-dealkylation sites (N-methyl/N-ethyl adjacent to an activating group) is 1. The van der Waals surface area contributed by atoms with Crippen LogP contribution in [0.2, 0.25) is 0 Å². The van der Waals surface area contributed by atoms with E-state index in [0.717, 1.165) is 24.6 Å². The highest BCUT2D eigenvalue weighted by atomic mass is 16.5. The Morgan fingerprint density at radius 2 is 2.10 bits per heavy atom. The molecule has 1 amide bonds. The van der Waals surface area contributed by atoms with Gasteiger partial charge in [-0.15, -0.1) is 0 Å². The summed E-state index contributed by atoms with van der Waals surface area (Å²) in [5.41, 5.74) is 3.40. The first-order valence-corrected chi connectivity index (χ1v) is 10.3. The Kier molecular flexibility index (Phi) is 7.79. The number of hydrogen-bond donors (Lipinski definition) is 1. The standard InChI is InChI=1S/C23H31N5O2/c1-18-8-4-5-10-20(18)21-17-28(14-15-30-21)23(24-2)26-16-22(29)27(3)13-11-19-9-6-7-12-25-19/h4-10,12,21H,11,13-17H2,1-3H3,(H,24,26). The summed E-state index contributed by atoms with van der Waals surface area (Å²) in [5, 5.41) is 3.22. The Morgan fingerprint density at radius 3 is 2.83 bits per heavy atom. The molecule has 0 aliphatic carbocycles. The van der Waals surface area contributed by atoms with E-state index in [2.05, 4.69) is 39.2 Å². The van der Waals surface area contributed by atoms with Crippen LogP contribution in [0.15, 0.2) is 53.7 Å².